The molecule has 5 nitrogen and oxygen atoms in total. The SMILES string of the molecule is COc1ncc(-c2cnc(CN)nc2)cc1C. The lowest BCUT2D eigenvalue weighted by Crippen LogP contribution is -2.02. The third-order valence-electron chi connectivity index (χ3n) is 2.44. The van der Waals surface area contributed by atoms with Gasteiger partial charge in [0.15, 0.2) is 0 Å². The van der Waals surface area contributed by atoms with E-state index >= 15 is 0 Å². The minimum Gasteiger partial charge on any atom is -0.481 e. The second-order valence-electron chi connectivity index (χ2n) is 3.64. The maximum Gasteiger partial charge on any atom is 0.215 e. The van der Waals surface area contributed by atoms with Crippen molar-refractivity contribution in [1.82, 2.24) is 15.0 Å². The topological polar surface area (TPSA) is 73.9 Å². The van der Waals surface area contributed by atoms with Crippen LogP contribution in [0.5, 0.6) is 5.88 Å². The first-order valence-electron chi connectivity index (χ1n) is 5.26. The van der Waals surface area contributed by atoms with Crippen molar-refractivity contribution in [3.63, 3.8) is 0 Å². The largest absolute Gasteiger partial charge is 0.481 e. The van der Waals surface area contributed by atoms with Crippen LogP contribution in [0.15, 0.2) is 24.7 Å². The third-order valence-corrected chi connectivity index (χ3v) is 2.44. The highest BCUT2D eigenvalue weighted by Crippen LogP contribution is 2.22. The van der Waals surface area contributed by atoms with E-state index in [-0.39, 0.29) is 0 Å². The van der Waals surface area contributed by atoms with Gasteiger partial charge in [0.25, 0.3) is 0 Å². The lowest BCUT2D eigenvalue weighted by atomic mass is 10.1. The number of nitrogens with zero attached hydrogens (tertiary/aromatic N) is 3. The molecule has 0 unspecified atom stereocenters. The second kappa shape index (κ2) is 4.88. The molecule has 0 bridgehead atoms. The molecule has 0 atom stereocenters. The minimum atomic E-state index is 0.347. The molecule has 0 saturated carbocycles. The number of hydrogen-bond donors (Lipinski definition) is 1. The molecule has 0 aliphatic heterocycles. The molecule has 2 aromatic heterocycles. The number of rotatable bonds is 3. The van der Waals surface area contributed by atoms with Crippen LogP contribution in [0, 0.1) is 6.92 Å². The Morgan fingerprint density at radius 1 is 1.12 bits per heavy atom. The lowest BCUT2D eigenvalue weighted by Gasteiger charge is -2.06. The van der Waals surface area contributed by atoms with Gasteiger partial charge in [-0.05, 0) is 13.0 Å². The third kappa shape index (κ3) is 2.39. The molecular weight excluding hydrogens is 216 g/mol. The van der Waals surface area contributed by atoms with Crippen molar-refractivity contribution < 1.29 is 4.74 Å². The molecule has 2 heterocycles. The van der Waals surface area contributed by atoms with E-state index in [9.17, 15) is 0 Å². The summed E-state index contributed by atoms with van der Waals surface area (Å²) < 4.78 is 5.11. The Kier molecular flexibility index (Phi) is 3.30. The summed E-state index contributed by atoms with van der Waals surface area (Å²) in [6, 6.07) is 1.99. The Morgan fingerprint density at radius 2 is 1.76 bits per heavy atom. The number of aromatic nitrogens is 3. The molecule has 0 radical (unpaired) electrons. The fourth-order valence-corrected chi connectivity index (χ4v) is 1.54. The number of pyridine rings is 1. The minimum absolute atomic E-state index is 0.347. The summed E-state index contributed by atoms with van der Waals surface area (Å²) >= 11 is 0. The van der Waals surface area contributed by atoms with Crippen LogP contribution in [0.25, 0.3) is 11.1 Å². The van der Waals surface area contributed by atoms with Crippen LogP contribution in [0.4, 0.5) is 0 Å². The Hall–Kier alpha value is -2.01. The van der Waals surface area contributed by atoms with Gasteiger partial charge in [0.2, 0.25) is 5.88 Å². The van der Waals surface area contributed by atoms with Crippen molar-refractivity contribution in [2.75, 3.05) is 7.11 Å². The van der Waals surface area contributed by atoms with Crippen LogP contribution in [-0.2, 0) is 6.54 Å². The molecule has 2 aromatic rings. The van der Waals surface area contributed by atoms with Crippen molar-refractivity contribution in [2.45, 2.75) is 13.5 Å². The van der Waals surface area contributed by atoms with E-state index in [0.717, 1.165) is 16.7 Å². The molecule has 5 heteroatoms. The standard InChI is InChI=1S/C12H14N4O/c1-8-3-9(5-16-12(8)17-2)10-6-14-11(4-13)15-7-10/h3,5-7H,4,13H2,1-2H3. The average molecular weight is 230 g/mol. The van der Waals surface area contributed by atoms with Gasteiger partial charge in [-0.3, -0.25) is 0 Å². The highest BCUT2D eigenvalue weighted by atomic mass is 16.5. The molecule has 0 fully saturated rings. The van der Waals surface area contributed by atoms with Gasteiger partial charge in [-0.15, -0.1) is 0 Å². The first kappa shape index (κ1) is 11.5. The maximum atomic E-state index is 5.45. The van der Waals surface area contributed by atoms with Gasteiger partial charge in [0, 0.05) is 35.3 Å². The van der Waals surface area contributed by atoms with Gasteiger partial charge in [0.1, 0.15) is 5.82 Å². The van der Waals surface area contributed by atoms with Crippen LogP contribution in [0.1, 0.15) is 11.4 Å². The van der Waals surface area contributed by atoms with Gasteiger partial charge >= 0.3 is 0 Å². The highest BCUT2D eigenvalue weighted by molar-refractivity contribution is 5.61. The zero-order valence-corrected chi connectivity index (χ0v) is 9.84. The van der Waals surface area contributed by atoms with E-state index in [2.05, 4.69) is 15.0 Å². The molecule has 0 spiro atoms. The number of nitrogens with two attached hydrogens (primary N) is 1. The Morgan fingerprint density at radius 3 is 2.29 bits per heavy atom. The monoisotopic (exact) mass is 230 g/mol. The summed E-state index contributed by atoms with van der Waals surface area (Å²) in [5.74, 6) is 1.26. The predicted molar refractivity (Wildman–Crippen MR) is 64.4 cm³/mol. The normalized spacial score (nSPS) is 10.3. The molecule has 0 aliphatic carbocycles. The fraction of sp³-hybridized carbons (Fsp3) is 0.250. The predicted octanol–water partition coefficient (Wildman–Crippen LogP) is 1.31. The first-order valence-corrected chi connectivity index (χ1v) is 5.26. The van der Waals surface area contributed by atoms with Gasteiger partial charge in [0.05, 0.1) is 13.7 Å². The van der Waals surface area contributed by atoms with Gasteiger partial charge in [-0.25, -0.2) is 15.0 Å². The Labute approximate surface area is 99.7 Å². The van der Waals surface area contributed by atoms with Crippen molar-refractivity contribution in [2.24, 2.45) is 5.73 Å². The van der Waals surface area contributed by atoms with Crippen molar-refractivity contribution in [3.05, 3.63) is 36.0 Å². The summed E-state index contributed by atoms with van der Waals surface area (Å²) in [6.45, 7) is 2.30. The van der Waals surface area contributed by atoms with Crippen LogP contribution < -0.4 is 10.5 Å². The average Bonchev–Trinajstić information content (AvgIpc) is 2.39. The number of ether oxygens (including phenoxy) is 1. The zero-order chi connectivity index (χ0) is 12.3. The maximum absolute atomic E-state index is 5.45. The summed E-state index contributed by atoms with van der Waals surface area (Å²) in [5, 5.41) is 0. The first-order chi connectivity index (χ1) is 8.24. The molecule has 2 rings (SSSR count). The summed E-state index contributed by atoms with van der Waals surface area (Å²) in [4.78, 5) is 12.5. The molecule has 0 aromatic carbocycles. The van der Waals surface area contributed by atoms with E-state index in [0.29, 0.717) is 18.2 Å². The Balaban J connectivity index is 2.35. The molecule has 0 amide bonds. The number of aryl methyl sites for hydroxylation is 1. The molecule has 0 saturated heterocycles. The molecule has 0 aliphatic rings. The second-order valence-corrected chi connectivity index (χ2v) is 3.64. The van der Waals surface area contributed by atoms with E-state index in [4.69, 9.17) is 10.5 Å². The van der Waals surface area contributed by atoms with E-state index in [1.54, 1.807) is 25.7 Å². The number of methoxy groups -OCH3 is 1. The van der Waals surface area contributed by atoms with Crippen molar-refractivity contribution in [1.29, 1.82) is 0 Å². The molecular formula is C12H14N4O. The van der Waals surface area contributed by atoms with Crippen LogP contribution in [0.2, 0.25) is 0 Å². The quantitative estimate of drug-likeness (QED) is 0.860. The van der Waals surface area contributed by atoms with Crippen molar-refractivity contribution in [3.8, 4) is 17.0 Å². The van der Waals surface area contributed by atoms with E-state index < -0.39 is 0 Å². The number of hydrogen-bond acceptors (Lipinski definition) is 5. The summed E-state index contributed by atoms with van der Waals surface area (Å²) in [5.41, 5.74) is 8.31. The molecule has 2 N–H and O–H groups in total. The summed E-state index contributed by atoms with van der Waals surface area (Å²) in [6.07, 6.45) is 5.24. The van der Waals surface area contributed by atoms with E-state index in [1.807, 2.05) is 13.0 Å². The van der Waals surface area contributed by atoms with Crippen LogP contribution in [-0.4, -0.2) is 22.1 Å². The van der Waals surface area contributed by atoms with Crippen LogP contribution in [0.3, 0.4) is 0 Å². The Bertz CT molecular complexity index is 510. The van der Waals surface area contributed by atoms with Crippen molar-refractivity contribution >= 4 is 0 Å². The highest BCUT2D eigenvalue weighted by Gasteiger charge is 2.04. The van der Waals surface area contributed by atoms with Gasteiger partial charge in [-0.2, -0.15) is 0 Å². The molecule has 88 valence electrons. The molecule has 17 heavy (non-hydrogen) atoms. The zero-order valence-electron chi connectivity index (χ0n) is 9.84. The van der Waals surface area contributed by atoms with E-state index in [1.165, 1.54) is 0 Å². The summed E-state index contributed by atoms with van der Waals surface area (Å²) in [7, 11) is 1.61. The smallest absolute Gasteiger partial charge is 0.215 e. The van der Waals surface area contributed by atoms with Gasteiger partial charge in [-0.1, -0.05) is 0 Å². The van der Waals surface area contributed by atoms with Crippen LogP contribution >= 0.6 is 0 Å². The lowest BCUT2D eigenvalue weighted by molar-refractivity contribution is 0.394. The fourth-order valence-electron chi connectivity index (χ4n) is 1.54. The van der Waals surface area contributed by atoms with Gasteiger partial charge < -0.3 is 10.5 Å².